The smallest absolute Gasteiger partial charge is 0.253 e. The van der Waals surface area contributed by atoms with Crippen molar-refractivity contribution in [3.63, 3.8) is 0 Å². The molecular weight excluding hydrogens is 430 g/mol. The van der Waals surface area contributed by atoms with E-state index in [1.54, 1.807) is 43.1 Å². The summed E-state index contributed by atoms with van der Waals surface area (Å²) >= 11 is 0. The molecule has 2 amide bonds. The van der Waals surface area contributed by atoms with Crippen molar-refractivity contribution in [2.45, 2.75) is 30.8 Å². The molecule has 0 saturated heterocycles. The first-order valence-electron chi connectivity index (χ1n) is 11.5. The molecule has 9 nitrogen and oxygen atoms in total. The highest BCUT2D eigenvalue weighted by atomic mass is 16.2. The third-order valence-electron chi connectivity index (χ3n) is 6.76. The molecule has 3 N–H and O–H groups in total. The van der Waals surface area contributed by atoms with Crippen LogP contribution in [-0.2, 0) is 18.3 Å². The Morgan fingerprint density at radius 3 is 1.88 bits per heavy atom. The van der Waals surface area contributed by atoms with E-state index in [1.807, 2.05) is 43.4 Å². The van der Waals surface area contributed by atoms with Crippen LogP contribution in [0.5, 0.6) is 0 Å². The Balaban J connectivity index is 1.95. The Labute approximate surface area is 200 Å². The number of amides is 2. The summed E-state index contributed by atoms with van der Waals surface area (Å²) in [4.78, 5) is 28.6. The molecule has 0 aromatic heterocycles. The van der Waals surface area contributed by atoms with Crippen molar-refractivity contribution in [3.05, 3.63) is 69.8 Å². The largest absolute Gasteiger partial charge is 0.345 e. The molecule has 0 bridgehead atoms. The van der Waals surface area contributed by atoms with E-state index in [-0.39, 0.29) is 18.0 Å². The van der Waals surface area contributed by atoms with Gasteiger partial charge < -0.3 is 15.5 Å². The predicted octanol–water partition coefficient (Wildman–Crippen LogP) is 1.97. The Morgan fingerprint density at radius 1 is 1.00 bits per heavy atom. The molecule has 2 aromatic carbocycles. The number of fused-ring (bicyclic) bond motifs is 2. The van der Waals surface area contributed by atoms with Gasteiger partial charge in [-0.1, -0.05) is 17.4 Å². The number of hydrazine groups is 1. The molecule has 1 unspecified atom stereocenters. The normalized spacial score (nSPS) is 18.2. The highest BCUT2D eigenvalue weighted by Gasteiger charge is 2.48. The topological polar surface area (TPSA) is 107 Å². The number of hydrogen-bond donors (Lipinski definition) is 2. The van der Waals surface area contributed by atoms with Gasteiger partial charge in [0.2, 0.25) is 0 Å². The van der Waals surface area contributed by atoms with Gasteiger partial charge in [0.15, 0.2) is 6.17 Å². The van der Waals surface area contributed by atoms with Crippen LogP contribution in [0.15, 0.2) is 46.7 Å². The summed E-state index contributed by atoms with van der Waals surface area (Å²) in [6.07, 6.45) is 1.73. The van der Waals surface area contributed by atoms with Gasteiger partial charge >= 0.3 is 0 Å². The van der Waals surface area contributed by atoms with Crippen LogP contribution in [0, 0.1) is 0 Å². The van der Waals surface area contributed by atoms with Crippen molar-refractivity contribution >= 4 is 11.8 Å². The summed E-state index contributed by atoms with van der Waals surface area (Å²) in [5, 5.41) is 10.4. The number of nitrogens with two attached hydrogens (primary N) is 1. The van der Waals surface area contributed by atoms with Crippen LogP contribution in [0.3, 0.4) is 0 Å². The van der Waals surface area contributed by atoms with Crippen molar-refractivity contribution < 1.29 is 9.59 Å². The van der Waals surface area contributed by atoms with Gasteiger partial charge in [-0.05, 0) is 72.3 Å². The molecule has 0 saturated carbocycles. The van der Waals surface area contributed by atoms with Crippen LogP contribution in [-0.4, -0.2) is 74.7 Å². The predicted molar refractivity (Wildman–Crippen MR) is 130 cm³/mol. The number of rotatable bonds is 5. The van der Waals surface area contributed by atoms with Gasteiger partial charge in [-0.15, -0.1) is 5.11 Å². The van der Waals surface area contributed by atoms with Crippen molar-refractivity contribution in [2.75, 3.05) is 41.8 Å². The standard InChI is InChI=1S/C25H33N7O2/c1-30(2)22(33)18-8-10-20-16(14-18)6-7-17-15-19(23(34)31(3)4)9-11-21(17)25(20,12-13-26)24-27-29-32(5)28-24/h8-11,14-15,24,28H,6-7,12-13,26H2,1-5H3. The summed E-state index contributed by atoms with van der Waals surface area (Å²) in [6, 6.07) is 11.9. The number of carbonyl (C=O) groups is 2. The highest BCUT2D eigenvalue weighted by molar-refractivity contribution is 5.95. The third-order valence-corrected chi connectivity index (χ3v) is 6.76. The van der Waals surface area contributed by atoms with Crippen LogP contribution in [0.2, 0.25) is 0 Å². The van der Waals surface area contributed by atoms with E-state index < -0.39 is 5.41 Å². The zero-order valence-electron chi connectivity index (χ0n) is 20.5. The minimum atomic E-state index is -0.608. The first-order chi connectivity index (χ1) is 16.2. The van der Waals surface area contributed by atoms with Crippen LogP contribution >= 0.6 is 0 Å². The summed E-state index contributed by atoms with van der Waals surface area (Å²) < 4.78 is 0. The quantitative estimate of drug-likeness (QED) is 0.705. The van der Waals surface area contributed by atoms with E-state index in [1.165, 1.54) is 0 Å². The van der Waals surface area contributed by atoms with Crippen LogP contribution in [0.4, 0.5) is 0 Å². The fourth-order valence-corrected chi connectivity index (χ4v) is 5.16. The van der Waals surface area contributed by atoms with Crippen LogP contribution < -0.4 is 11.2 Å². The molecule has 0 radical (unpaired) electrons. The lowest BCUT2D eigenvalue weighted by Gasteiger charge is -2.39. The maximum absolute atomic E-state index is 12.7. The first kappa shape index (κ1) is 23.8. The Hall–Kier alpha value is -3.30. The van der Waals surface area contributed by atoms with Gasteiger partial charge in [-0.25, -0.2) is 5.12 Å². The maximum Gasteiger partial charge on any atom is 0.253 e. The zero-order valence-corrected chi connectivity index (χ0v) is 20.5. The van der Waals surface area contributed by atoms with Crippen molar-refractivity contribution in [1.29, 1.82) is 0 Å². The summed E-state index contributed by atoms with van der Waals surface area (Å²) in [6.45, 7) is 0.438. The van der Waals surface area contributed by atoms with E-state index in [0.717, 1.165) is 35.1 Å². The number of carbonyl (C=O) groups excluding carboxylic acids is 2. The second-order valence-corrected chi connectivity index (χ2v) is 9.41. The van der Waals surface area contributed by atoms with Gasteiger partial charge in [0.1, 0.15) is 0 Å². The molecule has 0 fully saturated rings. The molecule has 34 heavy (non-hydrogen) atoms. The number of aryl methyl sites for hydroxylation is 2. The molecule has 1 atom stereocenters. The highest BCUT2D eigenvalue weighted by Crippen LogP contribution is 2.46. The van der Waals surface area contributed by atoms with E-state index in [0.29, 0.717) is 24.1 Å². The Morgan fingerprint density at radius 2 is 1.50 bits per heavy atom. The zero-order chi connectivity index (χ0) is 24.6. The van der Waals surface area contributed by atoms with Crippen LogP contribution in [0.25, 0.3) is 0 Å². The lowest BCUT2D eigenvalue weighted by molar-refractivity contribution is 0.0820. The van der Waals surface area contributed by atoms with Gasteiger partial charge in [-0.2, -0.15) is 5.43 Å². The first-order valence-corrected chi connectivity index (χ1v) is 11.5. The SMILES string of the molecule is CN1N=NC(C2(CCN)c3ccc(C(=O)N(C)C)cc3CCc3cc(C(=O)N(C)C)ccc32)N1. The molecule has 1 aliphatic carbocycles. The van der Waals surface area contributed by atoms with E-state index >= 15 is 0 Å². The second kappa shape index (κ2) is 9.15. The van der Waals surface area contributed by atoms with Gasteiger partial charge in [0.05, 0.1) is 5.41 Å². The fourth-order valence-electron chi connectivity index (χ4n) is 5.16. The molecule has 0 spiro atoms. The number of nitrogens with one attached hydrogen (secondary N) is 1. The van der Waals surface area contributed by atoms with Crippen molar-refractivity contribution in [1.82, 2.24) is 20.3 Å². The number of hydrogen-bond acceptors (Lipinski definition) is 7. The molecule has 2 aromatic rings. The minimum absolute atomic E-state index is 0.0359. The molecule has 9 heteroatoms. The van der Waals surface area contributed by atoms with E-state index in [4.69, 9.17) is 5.73 Å². The summed E-state index contributed by atoms with van der Waals surface area (Å²) in [5.41, 5.74) is 14.6. The maximum atomic E-state index is 12.7. The Kier molecular flexibility index (Phi) is 6.42. The fraction of sp³-hybridized carbons (Fsp3) is 0.440. The summed E-state index contributed by atoms with van der Waals surface area (Å²) in [7, 11) is 8.83. The summed E-state index contributed by atoms with van der Waals surface area (Å²) in [5.74, 6) is -0.0717. The third kappa shape index (κ3) is 3.95. The van der Waals surface area contributed by atoms with E-state index in [2.05, 4.69) is 15.8 Å². The van der Waals surface area contributed by atoms with Crippen molar-refractivity contribution in [2.24, 2.45) is 16.1 Å². The lowest BCUT2D eigenvalue weighted by Crippen LogP contribution is -2.50. The van der Waals surface area contributed by atoms with Gasteiger partial charge in [0.25, 0.3) is 11.8 Å². The van der Waals surface area contributed by atoms with Gasteiger partial charge in [-0.3, -0.25) is 9.59 Å². The lowest BCUT2D eigenvalue weighted by atomic mass is 9.67. The molecule has 4 rings (SSSR count). The molecule has 180 valence electrons. The number of nitrogens with zero attached hydrogens (tertiary/aromatic N) is 5. The van der Waals surface area contributed by atoms with Crippen LogP contribution in [0.1, 0.15) is 49.4 Å². The second-order valence-electron chi connectivity index (χ2n) is 9.41. The monoisotopic (exact) mass is 463 g/mol. The average molecular weight is 464 g/mol. The Bertz CT molecular complexity index is 1070. The molecule has 2 aliphatic rings. The van der Waals surface area contributed by atoms with Gasteiger partial charge in [0, 0.05) is 46.4 Å². The van der Waals surface area contributed by atoms with Crippen molar-refractivity contribution in [3.8, 4) is 0 Å². The molecule has 1 aliphatic heterocycles. The minimum Gasteiger partial charge on any atom is -0.345 e. The molecular formula is C25H33N7O2. The van der Waals surface area contributed by atoms with E-state index in [9.17, 15) is 9.59 Å². The molecule has 1 heterocycles. The number of benzene rings is 2. The average Bonchev–Trinajstić information content (AvgIpc) is 3.21.